The molecule has 1 aliphatic heterocycles. The molecule has 3 heteroatoms. The molecule has 0 aromatic heterocycles. The third-order valence-electron chi connectivity index (χ3n) is 4.30. The lowest BCUT2D eigenvalue weighted by molar-refractivity contribution is 0.303. The average molecular weight is 295 g/mol. The normalized spacial score (nSPS) is 28.5. The highest BCUT2D eigenvalue weighted by Crippen LogP contribution is 2.38. The summed E-state index contributed by atoms with van der Waals surface area (Å²) in [6, 6.07) is 6.17. The van der Waals surface area contributed by atoms with E-state index in [1.165, 1.54) is 37.9 Å². The number of nitrogen functional groups attached to an aromatic ring is 1. The molecule has 1 saturated carbocycles. The van der Waals surface area contributed by atoms with Crippen molar-refractivity contribution in [2.45, 2.75) is 25.8 Å². The first-order valence-electron chi connectivity index (χ1n) is 6.49. The van der Waals surface area contributed by atoms with Crippen molar-refractivity contribution in [1.29, 1.82) is 0 Å². The second-order valence-corrected chi connectivity index (χ2v) is 6.26. The SMILES string of the molecule is Nc1cccc(CN2CC3CCCC3C2)c1Br. The molecule has 0 radical (unpaired) electrons. The van der Waals surface area contributed by atoms with Crippen molar-refractivity contribution in [1.82, 2.24) is 4.90 Å². The Labute approximate surface area is 111 Å². The van der Waals surface area contributed by atoms with Crippen LogP contribution in [0.5, 0.6) is 0 Å². The van der Waals surface area contributed by atoms with Crippen LogP contribution in [0.3, 0.4) is 0 Å². The lowest BCUT2D eigenvalue weighted by atomic mass is 10.0. The van der Waals surface area contributed by atoms with Crippen molar-refractivity contribution in [3.05, 3.63) is 28.2 Å². The molecule has 1 aromatic carbocycles. The molecule has 2 nitrogen and oxygen atoms in total. The first-order valence-corrected chi connectivity index (χ1v) is 7.28. The highest BCUT2D eigenvalue weighted by Gasteiger charge is 2.35. The van der Waals surface area contributed by atoms with Crippen LogP contribution in [0.1, 0.15) is 24.8 Å². The number of benzene rings is 1. The lowest BCUT2D eigenvalue weighted by Gasteiger charge is -2.18. The predicted octanol–water partition coefficient (Wildman–Crippen LogP) is 3.26. The minimum absolute atomic E-state index is 0.849. The number of nitrogens with zero attached hydrogens (tertiary/aromatic N) is 1. The number of fused-ring (bicyclic) bond motifs is 1. The summed E-state index contributed by atoms with van der Waals surface area (Å²) in [4.78, 5) is 2.59. The van der Waals surface area contributed by atoms with Gasteiger partial charge in [-0.3, -0.25) is 4.90 Å². The fourth-order valence-corrected chi connectivity index (χ4v) is 3.81. The molecule has 1 saturated heterocycles. The number of halogens is 1. The van der Waals surface area contributed by atoms with E-state index >= 15 is 0 Å². The summed E-state index contributed by atoms with van der Waals surface area (Å²) >= 11 is 3.60. The maximum absolute atomic E-state index is 5.92. The van der Waals surface area contributed by atoms with Crippen molar-refractivity contribution in [3.8, 4) is 0 Å². The summed E-state index contributed by atoms with van der Waals surface area (Å²) in [5, 5.41) is 0. The average Bonchev–Trinajstić information content (AvgIpc) is 2.85. The van der Waals surface area contributed by atoms with Crippen molar-refractivity contribution in [3.63, 3.8) is 0 Å². The van der Waals surface area contributed by atoms with Gasteiger partial charge in [0.15, 0.2) is 0 Å². The summed E-state index contributed by atoms with van der Waals surface area (Å²) in [6.07, 6.45) is 4.34. The second kappa shape index (κ2) is 4.62. The zero-order chi connectivity index (χ0) is 11.8. The highest BCUT2D eigenvalue weighted by atomic mass is 79.9. The van der Waals surface area contributed by atoms with E-state index in [1.54, 1.807) is 0 Å². The van der Waals surface area contributed by atoms with Gasteiger partial charge < -0.3 is 5.73 Å². The molecule has 2 atom stereocenters. The Kier molecular flexibility index (Phi) is 3.14. The van der Waals surface area contributed by atoms with Crippen LogP contribution in [0.15, 0.2) is 22.7 Å². The zero-order valence-electron chi connectivity index (χ0n) is 10.0. The van der Waals surface area contributed by atoms with Crippen LogP contribution in [-0.2, 0) is 6.54 Å². The van der Waals surface area contributed by atoms with E-state index in [2.05, 4.69) is 26.9 Å². The zero-order valence-corrected chi connectivity index (χ0v) is 11.6. The molecule has 1 aromatic rings. The fraction of sp³-hybridized carbons (Fsp3) is 0.571. The minimum Gasteiger partial charge on any atom is -0.398 e. The Bertz CT molecular complexity index is 407. The highest BCUT2D eigenvalue weighted by molar-refractivity contribution is 9.10. The molecule has 17 heavy (non-hydrogen) atoms. The van der Waals surface area contributed by atoms with Crippen molar-refractivity contribution in [2.24, 2.45) is 11.8 Å². The maximum Gasteiger partial charge on any atom is 0.0461 e. The van der Waals surface area contributed by atoms with Crippen LogP contribution < -0.4 is 5.73 Å². The summed E-state index contributed by atoms with van der Waals surface area (Å²) in [5.74, 6) is 1.93. The Balaban J connectivity index is 1.70. The van der Waals surface area contributed by atoms with Crippen LogP contribution in [0.2, 0.25) is 0 Å². The second-order valence-electron chi connectivity index (χ2n) is 5.47. The van der Waals surface area contributed by atoms with Gasteiger partial charge in [0, 0.05) is 29.8 Å². The van der Waals surface area contributed by atoms with Gasteiger partial charge in [0.1, 0.15) is 0 Å². The van der Waals surface area contributed by atoms with Crippen LogP contribution in [0, 0.1) is 11.8 Å². The summed E-state index contributed by atoms with van der Waals surface area (Å²) < 4.78 is 1.08. The largest absolute Gasteiger partial charge is 0.398 e. The molecular formula is C14H19BrN2. The first kappa shape index (κ1) is 11.5. The van der Waals surface area contributed by atoms with Gasteiger partial charge in [0.2, 0.25) is 0 Å². The fourth-order valence-electron chi connectivity index (χ4n) is 3.42. The van der Waals surface area contributed by atoms with Gasteiger partial charge in [-0.15, -0.1) is 0 Å². The van der Waals surface area contributed by atoms with E-state index < -0.39 is 0 Å². The third kappa shape index (κ3) is 2.23. The van der Waals surface area contributed by atoms with Crippen LogP contribution in [-0.4, -0.2) is 18.0 Å². The van der Waals surface area contributed by atoms with Crippen LogP contribution in [0.4, 0.5) is 5.69 Å². The van der Waals surface area contributed by atoms with E-state index in [-0.39, 0.29) is 0 Å². The lowest BCUT2D eigenvalue weighted by Crippen LogP contribution is -2.21. The number of likely N-dealkylation sites (tertiary alicyclic amines) is 1. The van der Waals surface area contributed by atoms with Gasteiger partial charge in [-0.05, 0) is 52.2 Å². The molecule has 92 valence electrons. The van der Waals surface area contributed by atoms with Gasteiger partial charge in [0.05, 0.1) is 0 Å². The topological polar surface area (TPSA) is 29.3 Å². The quantitative estimate of drug-likeness (QED) is 0.849. The van der Waals surface area contributed by atoms with Crippen molar-refractivity contribution < 1.29 is 0 Å². The molecule has 0 bridgehead atoms. The Morgan fingerprint density at radius 1 is 1.24 bits per heavy atom. The number of rotatable bonds is 2. The molecule has 0 amide bonds. The molecule has 3 rings (SSSR count). The van der Waals surface area contributed by atoms with E-state index in [0.717, 1.165) is 28.5 Å². The van der Waals surface area contributed by atoms with E-state index in [1.807, 2.05) is 12.1 Å². The molecule has 1 aliphatic carbocycles. The summed E-state index contributed by atoms with van der Waals surface area (Å²) in [6.45, 7) is 3.61. The van der Waals surface area contributed by atoms with E-state index in [4.69, 9.17) is 5.73 Å². The molecule has 1 heterocycles. The summed E-state index contributed by atoms with van der Waals surface area (Å²) in [7, 11) is 0. The predicted molar refractivity (Wildman–Crippen MR) is 74.7 cm³/mol. The van der Waals surface area contributed by atoms with Gasteiger partial charge >= 0.3 is 0 Å². The minimum atomic E-state index is 0.849. The number of hydrogen-bond acceptors (Lipinski definition) is 2. The Hall–Kier alpha value is -0.540. The van der Waals surface area contributed by atoms with Crippen molar-refractivity contribution >= 4 is 21.6 Å². The van der Waals surface area contributed by atoms with E-state index in [9.17, 15) is 0 Å². The molecule has 2 N–H and O–H groups in total. The Morgan fingerprint density at radius 3 is 2.65 bits per heavy atom. The van der Waals surface area contributed by atoms with Crippen molar-refractivity contribution in [2.75, 3.05) is 18.8 Å². The molecule has 2 unspecified atom stereocenters. The Morgan fingerprint density at radius 2 is 1.94 bits per heavy atom. The number of anilines is 1. The molecule has 2 fully saturated rings. The molecular weight excluding hydrogens is 276 g/mol. The van der Waals surface area contributed by atoms with Crippen LogP contribution >= 0.6 is 15.9 Å². The number of hydrogen-bond donors (Lipinski definition) is 1. The van der Waals surface area contributed by atoms with Gasteiger partial charge in [-0.1, -0.05) is 18.6 Å². The smallest absolute Gasteiger partial charge is 0.0461 e. The number of nitrogens with two attached hydrogens (primary N) is 1. The molecule has 0 spiro atoms. The third-order valence-corrected chi connectivity index (χ3v) is 5.27. The standard InChI is InChI=1S/C14H19BrN2/c15-14-12(5-2-6-13(14)16)9-17-7-10-3-1-4-11(10)8-17/h2,5-6,10-11H,1,3-4,7-9,16H2. The molecule has 2 aliphatic rings. The van der Waals surface area contributed by atoms with Crippen LogP contribution in [0.25, 0.3) is 0 Å². The maximum atomic E-state index is 5.92. The van der Waals surface area contributed by atoms with E-state index in [0.29, 0.717) is 0 Å². The first-order chi connectivity index (χ1) is 8.24. The van der Waals surface area contributed by atoms with Gasteiger partial charge in [0.25, 0.3) is 0 Å². The summed E-state index contributed by atoms with van der Waals surface area (Å²) in [5.41, 5.74) is 8.09. The monoisotopic (exact) mass is 294 g/mol. The van der Waals surface area contributed by atoms with Gasteiger partial charge in [-0.2, -0.15) is 0 Å². The van der Waals surface area contributed by atoms with Gasteiger partial charge in [-0.25, -0.2) is 0 Å².